The molecule has 2 nitrogen and oxygen atoms in total. The Morgan fingerprint density at radius 2 is 1.54 bits per heavy atom. The SMILES string of the molecule is COP(C(=O)c1c(C)cc(C)cc1C)c1cccc2ccccc12. The molecule has 0 heterocycles. The Hall–Kier alpha value is -2.02. The van der Waals surface area contributed by atoms with E-state index in [1.54, 1.807) is 7.11 Å². The predicted octanol–water partition coefficient (Wildman–Crippen LogP) is 5.27. The quantitative estimate of drug-likeness (QED) is 0.606. The number of hydrogen-bond donors (Lipinski definition) is 0. The summed E-state index contributed by atoms with van der Waals surface area (Å²) in [5.41, 5.74) is 4.08. The summed E-state index contributed by atoms with van der Waals surface area (Å²) < 4.78 is 5.72. The van der Waals surface area contributed by atoms with Crippen LogP contribution < -0.4 is 5.30 Å². The molecule has 0 aliphatic carbocycles. The zero-order valence-corrected chi connectivity index (χ0v) is 15.4. The molecule has 1 unspecified atom stereocenters. The highest BCUT2D eigenvalue weighted by Gasteiger charge is 2.26. The Bertz CT molecular complexity index is 886. The van der Waals surface area contributed by atoms with Crippen molar-refractivity contribution in [2.45, 2.75) is 20.8 Å². The van der Waals surface area contributed by atoms with Crippen LogP contribution in [-0.4, -0.2) is 12.6 Å². The van der Waals surface area contributed by atoms with E-state index in [0.717, 1.165) is 32.8 Å². The van der Waals surface area contributed by atoms with Gasteiger partial charge in [-0.2, -0.15) is 0 Å². The molecular weight excluding hydrogens is 315 g/mol. The number of rotatable bonds is 4. The Morgan fingerprint density at radius 1 is 0.917 bits per heavy atom. The van der Waals surface area contributed by atoms with Crippen molar-refractivity contribution in [3.63, 3.8) is 0 Å². The lowest BCUT2D eigenvalue weighted by atomic mass is 10.0. The van der Waals surface area contributed by atoms with Crippen molar-refractivity contribution in [1.29, 1.82) is 0 Å². The third kappa shape index (κ3) is 3.00. The smallest absolute Gasteiger partial charge is 0.216 e. The molecule has 122 valence electrons. The van der Waals surface area contributed by atoms with E-state index in [0.29, 0.717) is 0 Å². The van der Waals surface area contributed by atoms with E-state index in [9.17, 15) is 4.79 Å². The molecule has 0 aliphatic rings. The normalized spacial score (nSPS) is 12.3. The van der Waals surface area contributed by atoms with Crippen LogP contribution in [0.2, 0.25) is 0 Å². The summed E-state index contributed by atoms with van der Waals surface area (Å²) >= 11 is 0. The molecule has 1 atom stereocenters. The second kappa shape index (κ2) is 6.84. The summed E-state index contributed by atoms with van der Waals surface area (Å²) in [6.45, 7) is 6.05. The fourth-order valence-electron chi connectivity index (χ4n) is 3.29. The molecular formula is C21H21O2P. The van der Waals surface area contributed by atoms with Crippen molar-refractivity contribution in [3.8, 4) is 0 Å². The Kier molecular flexibility index (Phi) is 4.80. The van der Waals surface area contributed by atoms with Crippen LogP contribution in [0.5, 0.6) is 0 Å². The average molecular weight is 336 g/mol. The fourth-order valence-corrected chi connectivity index (χ4v) is 5.08. The molecule has 0 aromatic heterocycles. The number of aryl methyl sites for hydroxylation is 3. The van der Waals surface area contributed by atoms with Gasteiger partial charge in [-0.1, -0.05) is 60.2 Å². The summed E-state index contributed by atoms with van der Waals surface area (Å²) in [6.07, 6.45) is 0. The van der Waals surface area contributed by atoms with Gasteiger partial charge in [0.2, 0.25) is 5.52 Å². The van der Waals surface area contributed by atoms with Crippen LogP contribution >= 0.6 is 8.15 Å². The zero-order chi connectivity index (χ0) is 17.3. The van der Waals surface area contributed by atoms with Gasteiger partial charge in [0.15, 0.2) is 0 Å². The van der Waals surface area contributed by atoms with Crippen LogP contribution in [0.1, 0.15) is 27.0 Å². The Balaban J connectivity index is 2.14. The van der Waals surface area contributed by atoms with Gasteiger partial charge in [0.25, 0.3) is 0 Å². The molecule has 0 aliphatic heterocycles. The lowest BCUT2D eigenvalue weighted by Gasteiger charge is -2.19. The minimum atomic E-state index is -1.37. The molecule has 0 bridgehead atoms. The molecule has 3 heteroatoms. The van der Waals surface area contributed by atoms with E-state index < -0.39 is 8.15 Å². The van der Waals surface area contributed by atoms with Crippen molar-refractivity contribution in [3.05, 3.63) is 76.9 Å². The maximum Gasteiger partial charge on any atom is 0.216 e. The lowest BCUT2D eigenvalue weighted by molar-refractivity contribution is 0.107. The van der Waals surface area contributed by atoms with Crippen LogP contribution in [0.4, 0.5) is 0 Å². The minimum absolute atomic E-state index is 0.0823. The highest BCUT2D eigenvalue weighted by molar-refractivity contribution is 7.78. The van der Waals surface area contributed by atoms with E-state index >= 15 is 0 Å². The van der Waals surface area contributed by atoms with E-state index in [2.05, 4.69) is 37.3 Å². The molecule has 3 aromatic rings. The maximum absolute atomic E-state index is 13.3. The first-order chi connectivity index (χ1) is 11.5. The first-order valence-electron chi connectivity index (χ1n) is 7.97. The second-order valence-electron chi connectivity index (χ2n) is 6.05. The highest BCUT2D eigenvalue weighted by atomic mass is 31.1. The standard InChI is InChI=1S/C21H21O2P/c1-14-12-15(2)20(16(3)13-14)21(22)24(23-4)19-11-7-9-17-8-5-6-10-18(17)19/h5-13H,1-4H3. The fraction of sp³-hybridized carbons (Fsp3) is 0.190. The topological polar surface area (TPSA) is 26.3 Å². The first-order valence-corrected chi connectivity index (χ1v) is 9.23. The highest BCUT2D eigenvalue weighted by Crippen LogP contribution is 2.42. The van der Waals surface area contributed by atoms with Crippen molar-refractivity contribution >= 4 is 29.7 Å². The van der Waals surface area contributed by atoms with Crippen molar-refractivity contribution in [1.82, 2.24) is 0 Å². The van der Waals surface area contributed by atoms with Gasteiger partial charge in [-0.05, 0) is 42.7 Å². The van der Waals surface area contributed by atoms with Gasteiger partial charge in [0.05, 0.1) is 0 Å². The van der Waals surface area contributed by atoms with Crippen molar-refractivity contribution in [2.24, 2.45) is 0 Å². The molecule has 24 heavy (non-hydrogen) atoms. The molecule has 3 rings (SSSR count). The zero-order valence-electron chi connectivity index (χ0n) is 14.5. The van der Waals surface area contributed by atoms with Crippen LogP contribution in [0.15, 0.2) is 54.6 Å². The van der Waals surface area contributed by atoms with E-state index in [4.69, 9.17) is 4.52 Å². The van der Waals surface area contributed by atoms with E-state index in [-0.39, 0.29) is 5.52 Å². The summed E-state index contributed by atoms with van der Waals surface area (Å²) in [5, 5.41) is 3.20. The van der Waals surface area contributed by atoms with Gasteiger partial charge in [0, 0.05) is 18.0 Å². The van der Waals surface area contributed by atoms with Crippen molar-refractivity contribution < 1.29 is 9.32 Å². The minimum Gasteiger partial charge on any atom is -0.350 e. The molecule has 0 spiro atoms. The molecule has 0 fully saturated rings. The number of hydrogen-bond acceptors (Lipinski definition) is 2. The molecule has 0 N–H and O–H groups in total. The molecule has 0 amide bonds. The van der Waals surface area contributed by atoms with Gasteiger partial charge in [-0.25, -0.2) is 0 Å². The number of fused-ring (bicyclic) bond motifs is 1. The van der Waals surface area contributed by atoms with Gasteiger partial charge >= 0.3 is 0 Å². The summed E-state index contributed by atoms with van der Waals surface area (Å²) in [7, 11) is 0.257. The molecule has 3 aromatic carbocycles. The summed E-state index contributed by atoms with van der Waals surface area (Å²) in [6, 6.07) is 18.3. The summed E-state index contributed by atoms with van der Waals surface area (Å²) in [4.78, 5) is 13.3. The van der Waals surface area contributed by atoms with Gasteiger partial charge in [-0.3, -0.25) is 4.79 Å². The molecule has 0 radical (unpaired) electrons. The second-order valence-corrected chi connectivity index (χ2v) is 7.90. The first kappa shape index (κ1) is 16.8. The third-order valence-electron chi connectivity index (χ3n) is 4.24. The largest absolute Gasteiger partial charge is 0.350 e. The van der Waals surface area contributed by atoms with E-state index in [1.807, 2.05) is 38.1 Å². The maximum atomic E-state index is 13.3. The predicted molar refractivity (Wildman–Crippen MR) is 102 cm³/mol. The number of benzene rings is 3. The molecule has 0 saturated heterocycles. The number of carbonyl (C=O) groups excluding carboxylic acids is 1. The molecule has 0 saturated carbocycles. The van der Waals surface area contributed by atoms with Crippen LogP contribution in [0.3, 0.4) is 0 Å². The lowest BCUT2D eigenvalue weighted by Crippen LogP contribution is -2.13. The van der Waals surface area contributed by atoms with Crippen molar-refractivity contribution in [2.75, 3.05) is 7.11 Å². The Labute approximate surface area is 144 Å². The van der Waals surface area contributed by atoms with Crippen LogP contribution in [-0.2, 0) is 4.52 Å². The average Bonchev–Trinajstić information content (AvgIpc) is 2.55. The Morgan fingerprint density at radius 3 is 2.21 bits per heavy atom. The monoisotopic (exact) mass is 336 g/mol. The van der Waals surface area contributed by atoms with Gasteiger partial charge < -0.3 is 4.52 Å². The third-order valence-corrected chi connectivity index (χ3v) is 6.03. The van der Waals surface area contributed by atoms with E-state index in [1.165, 1.54) is 5.56 Å². The van der Waals surface area contributed by atoms with Crippen LogP contribution in [0, 0.1) is 20.8 Å². The van der Waals surface area contributed by atoms with Gasteiger partial charge in [-0.15, -0.1) is 0 Å². The van der Waals surface area contributed by atoms with Crippen LogP contribution in [0.25, 0.3) is 10.8 Å². The number of carbonyl (C=O) groups is 1. The van der Waals surface area contributed by atoms with Gasteiger partial charge in [0.1, 0.15) is 8.15 Å². The summed E-state index contributed by atoms with van der Waals surface area (Å²) in [5.74, 6) is 0.